The number of ether oxygens (including phenoxy) is 2. The Bertz CT molecular complexity index is 916. The van der Waals surface area contributed by atoms with Crippen molar-refractivity contribution in [1.29, 1.82) is 0 Å². The minimum atomic E-state index is -0.225. The van der Waals surface area contributed by atoms with Gasteiger partial charge in [-0.2, -0.15) is 0 Å². The normalized spacial score (nSPS) is 16.4. The molecule has 0 saturated heterocycles. The van der Waals surface area contributed by atoms with Gasteiger partial charge in [0.25, 0.3) is 5.91 Å². The minimum absolute atomic E-state index is 0.0498. The highest BCUT2D eigenvalue weighted by Gasteiger charge is 2.24. The van der Waals surface area contributed by atoms with Gasteiger partial charge in [-0.05, 0) is 63.6 Å². The Morgan fingerprint density at radius 1 is 1.14 bits per heavy atom. The largest absolute Gasteiger partial charge is 0.490 e. The molecule has 6 nitrogen and oxygen atoms in total. The maximum absolute atomic E-state index is 12.8. The summed E-state index contributed by atoms with van der Waals surface area (Å²) in [6.45, 7) is 8.70. The highest BCUT2D eigenvalue weighted by Crippen LogP contribution is 2.36. The van der Waals surface area contributed by atoms with Crippen molar-refractivity contribution in [2.45, 2.75) is 43.9 Å². The van der Waals surface area contributed by atoms with Gasteiger partial charge in [0, 0.05) is 10.5 Å². The van der Waals surface area contributed by atoms with E-state index in [4.69, 9.17) is 9.47 Å². The van der Waals surface area contributed by atoms with E-state index < -0.39 is 0 Å². The molecule has 0 spiro atoms. The van der Waals surface area contributed by atoms with Crippen LogP contribution in [0.2, 0.25) is 0 Å². The molecular formula is C22H26N2O4S. The zero-order valence-electron chi connectivity index (χ0n) is 17.1. The van der Waals surface area contributed by atoms with Crippen molar-refractivity contribution in [1.82, 2.24) is 5.32 Å². The predicted octanol–water partition coefficient (Wildman–Crippen LogP) is 4.41. The molecule has 0 radical (unpaired) electrons. The second kappa shape index (κ2) is 9.22. The van der Waals surface area contributed by atoms with Crippen LogP contribution in [0.25, 0.3) is 0 Å². The Labute approximate surface area is 175 Å². The lowest BCUT2D eigenvalue weighted by Crippen LogP contribution is -2.28. The van der Waals surface area contributed by atoms with Crippen LogP contribution in [0.5, 0.6) is 11.5 Å². The first-order valence-corrected chi connectivity index (χ1v) is 10.6. The molecule has 0 fully saturated rings. The third kappa shape index (κ3) is 4.85. The van der Waals surface area contributed by atoms with E-state index in [1.54, 1.807) is 12.1 Å². The highest BCUT2D eigenvalue weighted by molar-refractivity contribution is 8.00. The molecule has 2 N–H and O–H groups in total. The fourth-order valence-corrected chi connectivity index (χ4v) is 3.98. The fourth-order valence-electron chi connectivity index (χ4n) is 3.05. The van der Waals surface area contributed by atoms with Gasteiger partial charge in [0.1, 0.15) is 0 Å². The number of thioether (sulfide) groups is 1. The first kappa shape index (κ1) is 21.0. The van der Waals surface area contributed by atoms with Crippen molar-refractivity contribution in [3.63, 3.8) is 0 Å². The lowest BCUT2D eigenvalue weighted by molar-refractivity contribution is -0.115. The van der Waals surface area contributed by atoms with E-state index >= 15 is 0 Å². The number of anilines is 1. The van der Waals surface area contributed by atoms with E-state index in [2.05, 4.69) is 10.6 Å². The molecule has 0 aliphatic carbocycles. The highest BCUT2D eigenvalue weighted by atomic mass is 32.2. The summed E-state index contributed by atoms with van der Waals surface area (Å²) in [5.41, 5.74) is 2.10. The Kier molecular flexibility index (Phi) is 6.69. The molecule has 2 atom stereocenters. The van der Waals surface area contributed by atoms with Crippen molar-refractivity contribution in [3.8, 4) is 11.5 Å². The molecule has 0 aromatic heterocycles. The first-order chi connectivity index (χ1) is 13.9. The average molecular weight is 415 g/mol. The first-order valence-electron chi connectivity index (χ1n) is 9.74. The summed E-state index contributed by atoms with van der Waals surface area (Å²) < 4.78 is 11.3. The summed E-state index contributed by atoms with van der Waals surface area (Å²) >= 11 is 1.49. The zero-order chi connectivity index (χ0) is 21.0. The molecule has 1 aliphatic heterocycles. The van der Waals surface area contributed by atoms with Crippen LogP contribution in [0.1, 0.15) is 49.7 Å². The van der Waals surface area contributed by atoms with Gasteiger partial charge in [0.2, 0.25) is 5.91 Å². The molecule has 0 saturated carbocycles. The van der Waals surface area contributed by atoms with E-state index in [-0.39, 0.29) is 23.1 Å². The summed E-state index contributed by atoms with van der Waals surface area (Å²) in [5, 5.41) is 5.73. The van der Waals surface area contributed by atoms with Crippen molar-refractivity contribution in [3.05, 3.63) is 47.5 Å². The van der Waals surface area contributed by atoms with Crippen molar-refractivity contribution >= 4 is 29.3 Å². The number of rotatable bonds is 7. The molecule has 7 heteroatoms. The number of hydrogen-bond acceptors (Lipinski definition) is 5. The smallest absolute Gasteiger partial charge is 0.251 e. The van der Waals surface area contributed by atoms with Gasteiger partial charge >= 0.3 is 0 Å². The van der Waals surface area contributed by atoms with Crippen LogP contribution in [-0.2, 0) is 4.79 Å². The predicted molar refractivity (Wildman–Crippen MR) is 115 cm³/mol. The molecular weight excluding hydrogens is 388 g/mol. The molecule has 1 aliphatic rings. The van der Waals surface area contributed by atoms with Crippen molar-refractivity contribution < 1.29 is 19.1 Å². The average Bonchev–Trinajstić information content (AvgIpc) is 2.70. The second-order valence-corrected chi connectivity index (χ2v) is 8.11. The van der Waals surface area contributed by atoms with Crippen LogP contribution < -0.4 is 20.1 Å². The van der Waals surface area contributed by atoms with Crippen molar-refractivity contribution in [2.75, 3.05) is 18.5 Å². The number of fused-ring (bicyclic) bond motifs is 1. The maximum atomic E-state index is 12.8. The van der Waals surface area contributed by atoms with E-state index in [0.717, 1.165) is 10.5 Å². The van der Waals surface area contributed by atoms with E-state index in [1.807, 2.05) is 52.0 Å². The van der Waals surface area contributed by atoms with Gasteiger partial charge < -0.3 is 20.1 Å². The lowest BCUT2D eigenvalue weighted by Gasteiger charge is -2.22. The van der Waals surface area contributed by atoms with Gasteiger partial charge in [0.05, 0.1) is 30.2 Å². The number of carbonyl (C=O) groups is 2. The van der Waals surface area contributed by atoms with E-state index in [9.17, 15) is 9.59 Å². The molecule has 2 aromatic carbocycles. The Morgan fingerprint density at radius 3 is 2.59 bits per heavy atom. The van der Waals surface area contributed by atoms with Gasteiger partial charge in [-0.3, -0.25) is 9.59 Å². The molecule has 29 heavy (non-hydrogen) atoms. The quantitative estimate of drug-likeness (QED) is 0.702. The van der Waals surface area contributed by atoms with Gasteiger partial charge in [-0.25, -0.2) is 0 Å². The zero-order valence-corrected chi connectivity index (χ0v) is 17.9. The summed E-state index contributed by atoms with van der Waals surface area (Å²) in [5.74, 6) is 1.10. The summed E-state index contributed by atoms with van der Waals surface area (Å²) in [6, 6.07) is 10.8. The van der Waals surface area contributed by atoms with Crippen LogP contribution >= 0.6 is 11.8 Å². The Morgan fingerprint density at radius 2 is 1.86 bits per heavy atom. The molecule has 154 valence electrons. The standard InChI is InChI=1S/C22H26N2O4S/c1-5-27-18-9-7-15(12-19(18)28-6-2)13(3)23-22(26)16-8-10-20-17(11-16)24-21(25)14(4)29-20/h7-14H,5-6H2,1-4H3,(H,23,26)(H,24,25)/t13-,14+/m0/s1. The minimum Gasteiger partial charge on any atom is -0.490 e. The molecule has 0 unspecified atom stereocenters. The van der Waals surface area contributed by atoms with Crippen LogP contribution in [-0.4, -0.2) is 30.3 Å². The monoisotopic (exact) mass is 414 g/mol. The summed E-state index contributed by atoms with van der Waals surface area (Å²) in [6.07, 6.45) is 0. The Balaban J connectivity index is 1.74. The number of amides is 2. The van der Waals surface area contributed by atoms with Gasteiger partial charge in [-0.1, -0.05) is 6.07 Å². The third-order valence-electron chi connectivity index (χ3n) is 4.59. The third-order valence-corrected chi connectivity index (χ3v) is 5.77. The molecule has 1 heterocycles. The number of carbonyl (C=O) groups excluding carboxylic acids is 2. The summed E-state index contributed by atoms with van der Waals surface area (Å²) in [7, 11) is 0. The van der Waals surface area contributed by atoms with Gasteiger partial charge in [0.15, 0.2) is 11.5 Å². The topological polar surface area (TPSA) is 76.7 Å². The van der Waals surface area contributed by atoms with Crippen molar-refractivity contribution in [2.24, 2.45) is 0 Å². The number of nitrogens with one attached hydrogen (secondary N) is 2. The van der Waals surface area contributed by atoms with Crippen LogP contribution in [0.4, 0.5) is 5.69 Å². The molecule has 0 bridgehead atoms. The second-order valence-electron chi connectivity index (χ2n) is 6.73. The van der Waals surface area contributed by atoms with Crippen LogP contribution in [0.15, 0.2) is 41.3 Å². The Hall–Kier alpha value is -2.67. The van der Waals surface area contributed by atoms with Crippen LogP contribution in [0, 0.1) is 0 Å². The number of hydrogen-bond donors (Lipinski definition) is 2. The molecule has 3 rings (SSSR count). The maximum Gasteiger partial charge on any atom is 0.251 e. The number of benzene rings is 2. The molecule has 2 aromatic rings. The molecule has 2 amide bonds. The van der Waals surface area contributed by atoms with Crippen LogP contribution in [0.3, 0.4) is 0 Å². The van der Waals surface area contributed by atoms with E-state index in [1.165, 1.54) is 11.8 Å². The van der Waals surface area contributed by atoms with E-state index in [0.29, 0.717) is 36.0 Å². The van der Waals surface area contributed by atoms with Gasteiger partial charge in [-0.15, -0.1) is 11.8 Å². The summed E-state index contributed by atoms with van der Waals surface area (Å²) in [4.78, 5) is 25.6. The SMILES string of the molecule is CCOc1ccc([C@H](C)NC(=O)c2ccc3c(c2)NC(=O)[C@@H](C)S3)cc1OCC. The lowest BCUT2D eigenvalue weighted by atomic mass is 10.1. The fraction of sp³-hybridized carbons (Fsp3) is 0.364.